The number of fused-ring (bicyclic) bond motifs is 2. The Bertz CT molecular complexity index is 709. The summed E-state index contributed by atoms with van der Waals surface area (Å²) in [5.41, 5.74) is 1.22. The third kappa shape index (κ3) is 1.80. The van der Waals surface area contributed by atoms with Crippen molar-refractivity contribution in [2.45, 2.75) is 25.4 Å². The van der Waals surface area contributed by atoms with E-state index in [9.17, 15) is 0 Å². The molecular weight excluding hydrogens is 350 g/mol. The largest absolute Gasteiger partial charge is 0.493 e. The van der Waals surface area contributed by atoms with Crippen molar-refractivity contribution in [3.05, 3.63) is 17.7 Å². The number of hydrogen-bond acceptors (Lipinski definition) is 4. The molecule has 26 heavy (non-hydrogen) atoms. The van der Waals surface area contributed by atoms with Crippen LogP contribution in [-0.2, 0) is 6.54 Å². The fourth-order valence-electron chi connectivity index (χ4n) is 8.22. The summed E-state index contributed by atoms with van der Waals surface area (Å²) in [5, 5.41) is 3.96. The highest BCUT2D eigenvalue weighted by molar-refractivity contribution is 5.85. The summed E-state index contributed by atoms with van der Waals surface area (Å²) >= 11 is 0. The summed E-state index contributed by atoms with van der Waals surface area (Å²) in [6, 6.07) is 4.92. The maximum atomic E-state index is 5.50. The van der Waals surface area contributed by atoms with E-state index in [0.29, 0.717) is 5.75 Å². The second-order valence-corrected chi connectivity index (χ2v) is 8.88. The fourth-order valence-corrected chi connectivity index (χ4v) is 8.22. The molecule has 5 aliphatic rings. The molecule has 2 bridgehead atoms. The van der Waals surface area contributed by atoms with Crippen LogP contribution in [-0.4, -0.2) is 27.4 Å². The van der Waals surface area contributed by atoms with Crippen LogP contribution in [0, 0.1) is 47.3 Å². The van der Waals surface area contributed by atoms with Crippen molar-refractivity contribution in [3.63, 3.8) is 0 Å². The average molecular weight is 378 g/mol. The molecule has 5 heteroatoms. The van der Waals surface area contributed by atoms with Gasteiger partial charge in [-0.2, -0.15) is 0 Å². The molecule has 5 aliphatic carbocycles. The van der Waals surface area contributed by atoms with E-state index in [0.717, 1.165) is 71.4 Å². The molecule has 5 fully saturated rings. The first kappa shape index (κ1) is 17.0. The minimum Gasteiger partial charge on any atom is -0.493 e. The van der Waals surface area contributed by atoms with Gasteiger partial charge < -0.3 is 19.5 Å². The second kappa shape index (κ2) is 5.68. The summed E-state index contributed by atoms with van der Waals surface area (Å²) in [6.45, 7) is 0.891. The van der Waals surface area contributed by atoms with Crippen molar-refractivity contribution in [3.8, 4) is 17.2 Å². The van der Waals surface area contributed by atoms with E-state index in [4.69, 9.17) is 14.2 Å². The summed E-state index contributed by atoms with van der Waals surface area (Å²) in [7, 11) is 5.02. The minimum absolute atomic E-state index is 0. The van der Waals surface area contributed by atoms with E-state index in [2.05, 4.69) is 17.4 Å². The molecule has 0 amide bonds. The normalized spacial score (nSPS) is 44.8. The molecule has 0 saturated heterocycles. The van der Waals surface area contributed by atoms with E-state index < -0.39 is 0 Å². The summed E-state index contributed by atoms with van der Waals surface area (Å²) in [5.74, 6) is 10.6. The number of hydrogen-bond donors (Lipinski definition) is 1. The van der Waals surface area contributed by atoms with Crippen LogP contribution >= 0.6 is 12.4 Å². The first-order chi connectivity index (χ1) is 12.3. The van der Waals surface area contributed by atoms with Gasteiger partial charge in [0.2, 0.25) is 5.75 Å². The van der Waals surface area contributed by atoms with Gasteiger partial charge in [-0.05, 0) is 77.9 Å². The second-order valence-electron chi connectivity index (χ2n) is 8.88. The van der Waals surface area contributed by atoms with Crippen LogP contribution < -0.4 is 19.5 Å². The number of benzene rings is 1. The third-order valence-electron chi connectivity index (χ3n) is 8.59. The molecule has 0 unspecified atom stereocenters. The average Bonchev–Trinajstić information content (AvgIpc) is 3.18. The Kier molecular flexibility index (Phi) is 3.72. The van der Waals surface area contributed by atoms with Gasteiger partial charge in [0.25, 0.3) is 0 Å². The van der Waals surface area contributed by atoms with Crippen LogP contribution in [0.4, 0.5) is 0 Å². The van der Waals surface area contributed by atoms with E-state index in [1.54, 1.807) is 34.2 Å². The zero-order valence-electron chi connectivity index (χ0n) is 15.6. The van der Waals surface area contributed by atoms with Crippen LogP contribution in [0.3, 0.4) is 0 Å². The lowest BCUT2D eigenvalue weighted by atomic mass is 9.59. The Morgan fingerprint density at radius 1 is 0.808 bits per heavy atom. The maximum Gasteiger partial charge on any atom is 0.203 e. The van der Waals surface area contributed by atoms with Crippen LogP contribution in [0.25, 0.3) is 0 Å². The van der Waals surface area contributed by atoms with Gasteiger partial charge in [0.1, 0.15) is 0 Å². The molecule has 9 atom stereocenters. The molecule has 1 aromatic carbocycles. The van der Waals surface area contributed by atoms with Gasteiger partial charge >= 0.3 is 0 Å². The highest BCUT2D eigenvalue weighted by Crippen LogP contribution is 2.82. The predicted octanol–water partition coefficient (Wildman–Crippen LogP) is 3.37. The van der Waals surface area contributed by atoms with Gasteiger partial charge in [-0.15, -0.1) is 12.4 Å². The van der Waals surface area contributed by atoms with E-state index in [-0.39, 0.29) is 12.4 Å². The van der Waals surface area contributed by atoms with Crippen molar-refractivity contribution in [2.24, 2.45) is 47.3 Å². The van der Waals surface area contributed by atoms with Crippen molar-refractivity contribution < 1.29 is 14.2 Å². The monoisotopic (exact) mass is 377 g/mol. The first-order valence-electron chi connectivity index (χ1n) is 9.79. The number of rotatable bonds is 6. The molecule has 0 aliphatic heterocycles. The van der Waals surface area contributed by atoms with Gasteiger partial charge in [-0.3, -0.25) is 0 Å². The molecule has 0 radical (unpaired) electrons. The predicted molar refractivity (Wildman–Crippen MR) is 101 cm³/mol. The van der Waals surface area contributed by atoms with Crippen LogP contribution in [0.1, 0.15) is 18.4 Å². The lowest BCUT2D eigenvalue weighted by Gasteiger charge is -2.48. The molecule has 1 aromatic rings. The van der Waals surface area contributed by atoms with E-state index >= 15 is 0 Å². The molecule has 0 spiro atoms. The molecule has 6 rings (SSSR count). The van der Waals surface area contributed by atoms with Gasteiger partial charge in [0.05, 0.1) is 21.3 Å². The lowest BCUT2D eigenvalue weighted by molar-refractivity contribution is 0.00939. The lowest BCUT2D eigenvalue weighted by Crippen LogP contribution is -2.51. The summed E-state index contributed by atoms with van der Waals surface area (Å²) < 4.78 is 16.4. The highest BCUT2D eigenvalue weighted by Gasteiger charge is 2.80. The van der Waals surface area contributed by atoms with Gasteiger partial charge in [0.15, 0.2) is 11.5 Å². The Hall–Kier alpha value is -1.13. The van der Waals surface area contributed by atoms with Gasteiger partial charge in [-0.1, -0.05) is 0 Å². The first-order valence-corrected chi connectivity index (χ1v) is 9.79. The molecular formula is C21H28ClNO3. The van der Waals surface area contributed by atoms with Crippen LogP contribution in [0.2, 0.25) is 0 Å². The Morgan fingerprint density at radius 2 is 1.42 bits per heavy atom. The van der Waals surface area contributed by atoms with Crippen molar-refractivity contribution in [1.29, 1.82) is 0 Å². The Morgan fingerprint density at radius 3 is 2.04 bits per heavy atom. The zero-order valence-corrected chi connectivity index (χ0v) is 16.4. The molecule has 5 saturated carbocycles. The third-order valence-corrected chi connectivity index (χ3v) is 8.59. The maximum absolute atomic E-state index is 5.50. The number of ether oxygens (including phenoxy) is 3. The Balaban J connectivity index is 0.00000150. The van der Waals surface area contributed by atoms with Crippen molar-refractivity contribution >= 4 is 12.4 Å². The van der Waals surface area contributed by atoms with Crippen molar-refractivity contribution in [1.82, 2.24) is 5.32 Å². The Labute approximate surface area is 161 Å². The topological polar surface area (TPSA) is 39.7 Å². The number of halogens is 1. The van der Waals surface area contributed by atoms with Crippen LogP contribution in [0.5, 0.6) is 17.2 Å². The molecule has 142 valence electrons. The molecule has 4 nitrogen and oxygen atoms in total. The van der Waals surface area contributed by atoms with E-state index in [1.807, 2.05) is 0 Å². The zero-order chi connectivity index (χ0) is 16.9. The number of methoxy groups -OCH3 is 3. The molecule has 1 N–H and O–H groups in total. The summed E-state index contributed by atoms with van der Waals surface area (Å²) in [6.07, 6.45) is 3.11. The highest BCUT2D eigenvalue weighted by atomic mass is 35.5. The van der Waals surface area contributed by atoms with E-state index in [1.165, 1.54) is 5.56 Å². The quantitative estimate of drug-likeness (QED) is 0.825. The van der Waals surface area contributed by atoms with Crippen LogP contribution in [0.15, 0.2) is 12.1 Å². The standard InChI is InChI=1S/C21H27NO3.ClH/c1-23-14-4-9(5-15(24-2)21(14)25-3)8-22-20-17-11-7-12-16-10(11)6-13(17)18(16)19(12)20;/h4-5,10-13,16-20,22H,6-8H2,1-3H3;1H/t10-,11-,12+,13+,16+,17-,18-,19-,20-;/m0./s1. The SMILES string of the molecule is COc1cc(CN[C@H]2[C@@H]3[C@H]4C[C@H]5[C@@H]3C[C@@H]3[C@@H]5[C@H]4[C@H]32)cc(OC)c1OC.Cl. The smallest absolute Gasteiger partial charge is 0.203 e. The van der Waals surface area contributed by atoms with Gasteiger partial charge in [-0.25, -0.2) is 0 Å². The summed E-state index contributed by atoms with van der Waals surface area (Å²) in [4.78, 5) is 0. The fraction of sp³-hybridized carbons (Fsp3) is 0.714. The van der Waals surface area contributed by atoms with Gasteiger partial charge in [0, 0.05) is 12.6 Å². The number of nitrogens with one attached hydrogen (secondary N) is 1. The molecule has 0 heterocycles. The van der Waals surface area contributed by atoms with Crippen molar-refractivity contribution in [2.75, 3.05) is 21.3 Å². The minimum atomic E-state index is 0. The molecule has 0 aromatic heterocycles.